The summed E-state index contributed by atoms with van der Waals surface area (Å²) in [7, 11) is -3.08. The van der Waals surface area contributed by atoms with Gasteiger partial charge in [-0.2, -0.15) is 0 Å². The van der Waals surface area contributed by atoms with Gasteiger partial charge in [0.15, 0.2) is 9.84 Å². The Balaban J connectivity index is 2.89. The number of hydrogen-bond donors (Lipinski definition) is 1. The Morgan fingerprint density at radius 3 is 2.20 bits per heavy atom. The third kappa shape index (κ3) is 4.94. The van der Waals surface area contributed by atoms with Gasteiger partial charge in [0, 0.05) is 24.4 Å². The van der Waals surface area contributed by atoms with Crippen molar-refractivity contribution in [2.45, 2.75) is 25.6 Å². The van der Waals surface area contributed by atoms with Gasteiger partial charge in [0.1, 0.15) is 0 Å². The van der Waals surface area contributed by atoms with Gasteiger partial charge in [0.05, 0.1) is 12.4 Å². The smallest absolute Gasteiger partial charge is 0.254 e. The topological polar surface area (TPSA) is 74.7 Å². The first-order chi connectivity index (χ1) is 9.24. The predicted octanol–water partition coefficient (Wildman–Crippen LogP) is 1.07. The van der Waals surface area contributed by atoms with Crippen molar-refractivity contribution < 1.29 is 18.3 Å². The summed E-state index contributed by atoms with van der Waals surface area (Å²) in [5.74, 6) is -0.202. The molecule has 0 aliphatic heterocycles. The van der Waals surface area contributed by atoms with E-state index in [1.807, 2.05) is 13.8 Å². The van der Waals surface area contributed by atoms with Gasteiger partial charge in [-0.25, -0.2) is 8.42 Å². The number of benzene rings is 1. The molecule has 1 rings (SSSR count). The summed E-state index contributed by atoms with van der Waals surface area (Å²) in [6, 6.07) is 6.52. The van der Waals surface area contributed by atoms with Gasteiger partial charge in [0.2, 0.25) is 0 Å². The van der Waals surface area contributed by atoms with E-state index in [0.29, 0.717) is 11.1 Å². The van der Waals surface area contributed by atoms with Crippen LogP contribution in [0.5, 0.6) is 0 Å². The van der Waals surface area contributed by atoms with Crippen molar-refractivity contribution in [3.8, 4) is 0 Å². The molecule has 20 heavy (non-hydrogen) atoms. The second-order valence-corrected chi connectivity index (χ2v) is 7.22. The maximum absolute atomic E-state index is 12.3. The first kappa shape index (κ1) is 16.7. The second kappa shape index (κ2) is 6.85. The van der Waals surface area contributed by atoms with Crippen LogP contribution in [0.15, 0.2) is 24.3 Å². The van der Waals surface area contributed by atoms with E-state index >= 15 is 0 Å². The average molecular weight is 299 g/mol. The standard InChI is InChI=1S/C14H21NO4S/c1-11(2)15(8-9-16)14(17)13-6-4-12(5-7-13)10-20(3,18)19/h4-7,11,16H,8-10H2,1-3H3. The van der Waals surface area contributed by atoms with E-state index in [-0.39, 0.29) is 30.9 Å². The Kier molecular flexibility index (Phi) is 5.71. The van der Waals surface area contributed by atoms with Crippen LogP contribution < -0.4 is 0 Å². The van der Waals surface area contributed by atoms with E-state index in [2.05, 4.69) is 0 Å². The number of amides is 1. The molecule has 0 aromatic heterocycles. The first-order valence-electron chi connectivity index (χ1n) is 6.43. The van der Waals surface area contributed by atoms with E-state index in [4.69, 9.17) is 5.11 Å². The minimum Gasteiger partial charge on any atom is -0.395 e. The van der Waals surface area contributed by atoms with Crippen LogP contribution in [-0.2, 0) is 15.6 Å². The Hall–Kier alpha value is -1.40. The highest BCUT2D eigenvalue weighted by Gasteiger charge is 2.18. The summed E-state index contributed by atoms with van der Waals surface area (Å²) in [5, 5.41) is 8.99. The number of aliphatic hydroxyl groups excluding tert-OH is 1. The molecule has 1 aromatic carbocycles. The summed E-state index contributed by atoms with van der Waals surface area (Å²) in [6.07, 6.45) is 1.17. The number of carbonyl (C=O) groups is 1. The second-order valence-electron chi connectivity index (χ2n) is 5.08. The number of hydrogen-bond acceptors (Lipinski definition) is 4. The summed E-state index contributed by atoms with van der Waals surface area (Å²) < 4.78 is 22.4. The normalized spacial score (nSPS) is 11.7. The number of carbonyl (C=O) groups excluding carboxylic acids is 1. The monoisotopic (exact) mass is 299 g/mol. The lowest BCUT2D eigenvalue weighted by Crippen LogP contribution is -2.39. The van der Waals surface area contributed by atoms with Crippen molar-refractivity contribution >= 4 is 15.7 Å². The highest BCUT2D eigenvalue weighted by Crippen LogP contribution is 2.12. The van der Waals surface area contributed by atoms with Crippen LogP contribution in [0, 0.1) is 0 Å². The molecule has 0 heterocycles. The van der Waals surface area contributed by atoms with Crippen molar-refractivity contribution in [1.29, 1.82) is 0 Å². The molecule has 0 fully saturated rings. The summed E-state index contributed by atoms with van der Waals surface area (Å²) in [5.41, 5.74) is 1.15. The van der Waals surface area contributed by atoms with Crippen LogP contribution in [0.1, 0.15) is 29.8 Å². The van der Waals surface area contributed by atoms with Crippen LogP contribution in [0.4, 0.5) is 0 Å². The zero-order valence-electron chi connectivity index (χ0n) is 12.0. The van der Waals surface area contributed by atoms with Crippen LogP contribution in [0.25, 0.3) is 0 Å². The molecule has 0 radical (unpaired) electrons. The molecule has 0 aliphatic rings. The van der Waals surface area contributed by atoms with E-state index in [1.54, 1.807) is 29.2 Å². The van der Waals surface area contributed by atoms with Crippen molar-refractivity contribution in [3.05, 3.63) is 35.4 Å². The summed E-state index contributed by atoms with van der Waals surface area (Å²) in [6.45, 7) is 3.95. The molecule has 6 heteroatoms. The van der Waals surface area contributed by atoms with E-state index in [0.717, 1.165) is 0 Å². The number of sulfone groups is 1. The molecular weight excluding hydrogens is 278 g/mol. The van der Waals surface area contributed by atoms with Gasteiger partial charge >= 0.3 is 0 Å². The van der Waals surface area contributed by atoms with Crippen molar-refractivity contribution in [3.63, 3.8) is 0 Å². The molecule has 0 atom stereocenters. The van der Waals surface area contributed by atoms with Gasteiger partial charge in [0.25, 0.3) is 5.91 Å². The molecule has 0 aliphatic carbocycles. The fourth-order valence-corrected chi connectivity index (χ4v) is 2.71. The molecule has 0 saturated heterocycles. The highest BCUT2D eigenvalue weighted by molar-refractivity contribution is 7.89. The average Bonchev–Trinajstić information content (AvgIpc) is 2.33. The third-order valence-electron chi connectivity index (χ3n) is 2.85. The van der Waals surface area contributed by atoms with Crippen molar-refractivity contribution in [2.24, 2.45) is 0 Å². The molecule has 0 spiro atoms. The zero-order valence-corrected chi connectivity index (χ0v) is 12.9. The van der Waals surface area contributed by atoms with E-state index in [1.165, 1.54) is 6.26 Å². The van der Waals surface area contributed by atoms with Crippen LogP contribution >= 0.6 is 0 Å². The highest BCUT2D eigenvalue weighted by atomic mass is 32.2. The van der Waals surface area contributed by atoms with Crippen molar-refractivity contribution in [2.75, 3.05) is 19.4 Å². The number of nitrogens with zero attached hydrogens (tertiary/aromatic N) is 1. The molecule has 1 N–H and O–H groups in total. The maximum Gasteiger partial charge on any atom is 0.254 e. The number of aliphatic hydroxyl groups is 1. The quantitative estimate of drug-likeness (QED) is 0.853. The van der Waals surface area contributed by atoms with E-state index < -0.39 is 9.84 Å². The lowest BCUT2D eigenvalue weighted by Gasteiger charge is -2.26. The molecule has 1 amide bonds. The maximum atomic E-state index is 12.3. The van der Waals surface area contributed by atoms with Crippen LogP contribution in [0.3, 0.4) is 0 Å². The fourth-order valence-electron chi connectivity index (χ4n) is 1.91. The fraction of sp³-hybridized carbons (Fsp3) is 0.500. The molecule has 1 aromatic rings. The minimum absolute atomic E-state index is 0.00894. The van der Waals surface area contributed by atoms with Gasteiger partial charge in [-0.3, -0.25) is 4.79 Å². The van der Waals surface area contributed by atoms with Crippen molar-refractivity contribution in [1.82, 2.24) is 4.90 Å². The van der Waals surface area contributed by atoms with Gasteiger partial charge in [-0.1, -0.05) is 12.1 Å². The van der Waals surface area contributed by atoms with Gasteiger partial charge in [-0.05, 0) is 31.5 Å². The molecular formula is C14H21NO4S. The largest absolute Gasteiger partial charge is 0.395 e. The molecule has 0 bridgehead atoms. The predicted molar refractivity (Wildman–Crippen MR) is 78.2 cm³/mol. The Bertz CT molecular complexity index is 549. The zero-order chi connectivity index (χ0) is 15.3. The summed E-state index contributed by atoms with van der Waals surface area (Å²) >= 11 is 0. The SMILES string of the molecule is CC(C)N(CCO)C(=O)c1ccc(CS(C)(=O)=O)cc1. The lowest BCUT2D eigenvalue weighted by molar-refractivity contribution is 0.0665. The lowest BCUT2D eigenvalue weighted by atomic mass is 10.1. The Morgan fingerprint density at radius 1 is 1.25 bits per heavy atom. The number of rotatable bonds is 6. The minimum atomic E-state index is -3.08. The van der Waals surface area contributed by atoms with Gasteiger partial charge in [-0.15, -0.1) is 0 Å². The molecule has 0 saturated carbocycles. The summed E-state index contributed by atoms with van der Waals surface area (Å²) in [4.78, 5) is 13.8. The molecule has 112 valence electrons. The molecule has 5 nitrogen and oxygen atoms in total. The van der Waals surface area contributed by atoms with Crippen LogP contribution in [-0.4, -0.2) is 49.8 Å². The Labute approximate surface area is 120 Å². The first-order valence-corrected chi connectivity index (χ1v) is 8.49. The van der Waals surface area contributed by atoms with Crippen LogP contribution in [0.2, 0.25) is 0 Å². The third-order valence-corrected chi connectivity index (χ3v) is 3.71. The Morgan fingerprint density at radius 2 is 1.80 bits per heavy atom. The van der Waals surface area contributed by atoms with E-state index in [9.17, 15) is 13.2 Å². The molecule has 0 unspecified atom stereocenters. The van der Waals surface area contributed by atoms with Gasteiger partial charge < -0.3 is 10.0 Å².